The summed E-state index contributed by atoms with van der Waals surface area (Å²) in [7, 11) is 0. The molecule has 156 valence electrons. The molecule has 1 fully saturated rings. The fraction of sp³-hybridized carbons (Fsp3) is 0.667. The van der Waals surface area contributed by atoms with E-state index < -0.39 is 5.60 Å². The molecule has 0 unspecified atom stereocenters. The standard InChI is InChI=1S/C21H34N4O3/c1-16(26)24-19-7-10-25(11-8-19)15-18(12-17-6-5-9-22-13-17)14-23-20(27)28-21(2,3)4/h5-6,9,13,18-19H,7-8,10-12,14-15H2,1-4H3,(H,23,27)(H,24,26)/t18-/m0/s1. The Labute approximate surface area is 168 Å². The molecule has 2 N–H and O–H groups in total. The molecule has 28 heavy (non-hydrogen) atoms. The zero-order valence-electron chi connectivity index (χ0n) is 17.5. The first kappa shape index (κ1) is 22.1. The third-order valence-corrected chi connectivity index (χ3v) is 4.69. The van der Waals surface area contributed by atoms with E-state index in [1.807, 2.05) is 33.0 Å². The number of carbonyl (C=O) groups is 2. The van der Waals surface area contributed by atoms with Crippen LogP contribution in [0.4, 0.5) is 4.79 Å². The lowest BCUT2D eigenvalue weighted by molar-refractivity contribution is -0.120. The fourth-order valence-corrected chi connectivity index (χ4v) is 3.51. The Balaban J connectivity index is 1.89. The largest absolute Gasteiger partial charge is 0.444 e. The molecule has 0 aromatic carbocycles. The van der Waals surface area contributed by atoms with Crippen LogP contribution in [0.1, 0.15) is 46.1 Å². The number of ether oxygens (including phenoxy) is 1. The molecule has 1 aromatic rings. The van der Waals surface area contributed by atoms with Gasteiger partial charge in [0.2, 0.25) is 5.91 Å². The Morgan fingerprint density at radius 3 is 2.61 bits per heavy atom. The second-order valence-corrected chi connectivity index (χ2v) is 8.59. The summed E-state index contributed by atoms with van der Waals surface area (Å²) in [6.07, 6.45) is 6.02. The van der Waals surface area contributed by atoms with Gasteiger partial charge in [-0.15, -0.1) is 0 Å². The SMILES string of the molecule is CC(=O)NC1CCN(C[C@H](CNC(=O)OC(C)(C)C)Cc2cccnc2)CC1. The number of piperidine rings is 1. The third-order valence-electron chi connectivity index (χ3n) is 4.69. The van der Waals surface area contributed by atoms with Crippen molar-refractivity contribution in [1.29, 1.82) is 0 Å². The summed E-state index contributed by atoms with van der Waals surface area (Å²) in [6.45, 7) is 10.5. The number of hydrogen-bond donors (Lipinski definition) is 2. The number of aromatic nitrogens is 1. The van der Waals surface area contributed by atoms with E-state index in [1.165, 1.54) is 0 Å². The summed E-state index contributed by atoms with van der Waals surface area (Å²) in [5.74, 6) is 0.295. The van der Waals surface area contributed by atoms with Crippen LogP contribution in [-0.2, 0) is 16.0 Å². The van der Waals surface area contributed by atoms with E-state index in [1.54, 1.807) is 13.1 Å². The highest BCUT2D eigenvalue weighted by Crippen LogP contribution is 2.15. The lowest BCUT2D eigenvalue weighted by Gasteiger charge is -2.34. The van der Waals surface area contributed by atoms with Crippen LogP contribution in [0.25, 0.3) is 0 Å². The maximum absolute atomic E-state index is 12.1. The van der Waals surface area contributed by atoms with E-state index in [9.17, 15) is 9.59 Å². The van der Waals surface area contributed by atoms with E-state index in [4.69, 9.17) is 4.74 Å². The molecule has 7 heteroatoms. The highest BCUT2D eigenvalue weighted by molar-refractivity contribution is 5.73. The number of carbonyl (C=O) groups excluding carboxylic acids is 2. The van der Waals surface area contributed by atoms with Crippen molar-refractivity contribution < 1.29 is 14.3 Å². The molecule has 1 atom stereocenters. The number of hydrogen-bond acceptors (Lipinski definition) is 5. The summed E-state index contributed by atoms with van der Waals surface area (Å²) in [5.41, 5.74) is 0.653. The molecule has 1 aliphatic rings. The average Bonchev–Trinajstić information content (AvgIpc) is 2.60. The Hall–Kier alpha value is -2.15. The predicted molar refractivity (Wildman–Crippen MR) is 109 cm³/mol. The molecule has 7 nitrogen and oxygen atoms in total. The van der Waals surface area contributed by atoms with E-state index in [0.717, 1.165) is 44.5 Å². The Kier molecular flexibility index (Phi) is 8.23. The number of likely N-dealkylation sites (tertiary alicyclic amines) is 1. The third kappa shape index (κ3) is 8.69. The smallest absolute Gasteiger partial charge is 0.407 e. The van der Waals surface area contributed by atoms with Crippen LogP contribution in [-0.4, -0.2) is 59.7 Å². The summed E-state index contributed by atoms with van der Waals surface area (Å²) in [4.78, 5) is 29.9. The normalized spacial score (nSPS) is 17.0. The van der Waals surface area contributed by atoms with Gasteiger partial charge in [-0.3, -0.25) is 9.78 Å². The summed E-state index contributed by atoms with van der Waals surface area (Å²) in [6, 6.07) is 4.27. The average molecular weight is 391 g/mol. The van der Waals surface area contributed by atoms with Crippen LogP contribution in [0.5, 0.6) is 0 Å². The van der Waals surface area contributed by atoms with Crippen molar-refractivity contribution in [2.45, 2.75) is 58.6 Å². The van der Waals surface area contributed by atoms with Crippen molar-refractivity contribution in [3.8, 4) is 0 Å². The molecular weight excluding hydrogens is 356 g/mol. The Morgan fingerprint density at radius 2 is 2.04 bits per heavy atom. The summed E-state index contributed by atoms with van der Waals surface area (Å²) in [5, 5.41) is 5.93. The number of nitrogens with one attached hydrogen (secondary N) is 2. The molecule has 0 saturated carbocycles. The number of nitrogens with zero attached hydrogens (tertiary/aromatic N) is 2. The van der Waals surface area contributed by atoms with Crippen molar-refractivity contribution in [2.24, 2.45) is 5.92 Å². The van der Waals surface area contributed by atoms with Gasteiger partial charge in [0.25, 0.3) is 0 Å². The molecule has 1 aliphatic heterocycles. The Morgan fingerprint density at radius 1 is 1.32 bits per heavy atom. The molecule has 1 aromatic heterocycles. The monoisotopic (exact) mass is 390 g/mol. The van der Waals surface area contributed by atoms with Gasteiger partial charge in [0.05, 0.1) is 0 Å². The molecule has 0 spiro atoms. The summed E-state index contributed by atoms with van der Waals surface area (Å²) < 4.78 is 5.36. The number of rotatable bonds is 7. The molecular formula is C21H34N4O3. The zero-order chi connectivity index (χ0) is 20.6. The fourth-order valence-electron chi connectivity index (χ4n) is 3.51. The van der Waals surface area contributed by atoms with Gasteiger partial charge >= 0.3 is 6.09 Å². The van der Waals surface area contributed by atoms with Gasteiger partial charge in [0.1, 0.15) is 5.60 Å². The zero-order valence-corrected chi connectivity index (χ0v) is 17.5. The van der Waals surface area contributed by atoms with Crippen molar-refractivity contribution in [3.63, 3.8) is 0 Å². The second kappa shape index (κ2) is 10.4. The van der Waals surface area contributed by atoms with E-state index in [-0.39, 0.29) is 24.0 Å². The minimum absolute atomic E-state index is 0.0365. The minimum atomic E-state index is -0.505. The van der Waals surface area contributed by atoms with E-state index in [2.05, 4.69) is 26.6 Å². The second-order valence-electron chi connectivity index (χ2n) is 8.59. The van der Waals surface area contributed by atoms with Crippen LogP contribution in [0.15, 0.2) is 24.5 Å². The lowest BCUT2D eigenvalue weighted by atomic mass is 9.97. The first-order chi connectivity index (χ1) is 13.2. The highest BCUT2D eigenvalue weighted by atomic mass is 16.6. The quantitative estimate of drug-likeness (QED) is 0.747. The van der Waals surface area contributed by atoms with Gasteiger partial charge in [0.15, 0.2) is 0 Å². The highest BCUT2D eigenvalue weighted by Gasteiger charge is 2.23. The maximum Gasteiger partial charge on any atom is 0.407 e. The van der Waals surface area contributed by atoms with Crippen molar-refractivity contribution in [1.82, 2.24) is 20.5 Å². The molecule has 0 bridgehead atoms. The van der Waals surface area contributed by atoms with Crippen molar-refractivity contribution in [2.75, 3.05) is 26.2 Å². The number of alkyl carbamates (subject to hydrolysis) is 1. The number of amides is 2. The van der Waals surface area contributed by atoms with Crippen molar-refractivity contribution >= 4 is 12.0 Å². The van der Waals surface area contributed by atoms with Crippen LogP contribution < -0.4 is 10.6 Å². The minimum Gasteiger partial charge on any atom is -0.444 e. The van der Waals surface area contributed by atoms with Gasteiger partial charge in [0, 0.05) is 51.5 Å². The maximum atomic E-state index is 12.1. The Bertz CT molecular complexity index is 622. The first-order valence-electron chi connectivity index (χ1n) is 10.1. The number of pyridine rings is 1. The molecule has 1 saturated heterocycles. The van der Waals surface area contributed by atoms with Crippen LogP contribution in [0, 0.1) is 5.92 Å². The van der Waals surface area contributed by atoms with Crippen LogP contribution in [0.2, 0.25) is 0 Å². The van der Waals surface area contributed by atoms with Crippen LogP contribution in [0.3, 0.4) is 0 Å². The van der Waals surface area contributed by atoms with E-state index in [0.29, 0.717) is 6.54 Å². The molecule has 2 heterocycles. The molecule has 0 radical (unpaired) electrons. The molecule has 2 rings (SSSR count). The molecule has 0 aliphatic carbocycles. The topological polar surface area (TPSA) is 83.6 Å². The van der Waals surface area contributed by atoms with E-state index >= 15 is 0 Å². The van der Waals surface area contributed by atoms with Gasteiger partial charge in [-0.05, 0) is 57.6 Å². The van der Waals surface area contributed by atoms with Gasteiger partial charge in [-0.25, -0.2) is 4.79 Å². The predicted octanol–water partition coefficient (Wildman–Crippen LogP) is 2.37. The van der Waals surface area contributed by atoms with Crippen LogP contribution >= 0.6 is 0 Å². The summed E-state index contributed by atoms with van der Waals surface area (Å²) >= 11 is 0. The first-order valence-corrected chi connectivity index (χ1v) is 10.1. The van der Waals surface area contributed by atoms with Gasteiger partial charge in [-0.1, -0.05) is 6.07 Å². The van der Waals surface area contributed by atoms with Crippen molar-refractivity contribution in [3.05, 3.63) is 30.1 Å². The lowest BCUT2D eigenvalue weighted by Crippen LogP contribution is -2.46. The van der Waals surface area contributed by atoms with Gasteiger partial charge in [-0.2, -0.15) is 0 Å². The van der Waals surface area contributed by atoms with Gasteiger partial charge < -0.3 is 20.3 Å². The molecule has 2 amide bonds.